The molecule has 2 rings (SSSR count). The van der Waals surface area contributed by atoms with Crippen LogP contribution in [0.5, 0.6) is 0 Å². The van der Waals surface area contributed by atoms with Crippen molar-refractivity contribution in [3.8, 4) is 0 Å². The molecule has 102 valence electrons. The number of para-hydroxylation sites is 2. The second-order valence-electron chi connectivity index (χ2n) is 4.05. The van der Waals surface area contributed by atoms with Gasteiger partial charge in [0.25, 0.3) is 0 Å². The molecule has 1 aromatic carbocycles. The molecule has 7 heteroatoms. The van der Waals surface area contributed by atoms with Crippen LogP contribution in [0.2, 0.25) is 0 Å². The first kappa shape index (κ1) is 13.4. The number of alkyl halides is 3. The zero-order valence-corrected chi connectivity index (χ0v) is 9.78. The van der Waals surface area contributed by atoms with E-state index in [9.17, 15) is 23.1 Å². The van der Waals surface area contributed by atoms with E-state index in [1.807, 2.05) is 0 Å². The molecule has 0 radical (unpaired) electrons. The minimum absolute atomic E-state index is 0.0613. The summed E-state index contributed by atoms with van der Waals surface area (Å²) in [5, 5.41) is 10.3. The Morgan fingerprint density at radius 2 is 2.00 bits per heavy atom. The van der Waals surface area contributed by atoms with E-state index < -0.39 is 18.0 Å². The summed E-state index contributed by atoms with van der Waals surface area (Å²) >= 11 is 0. The third-order valence-electron chi connectivity index (χ3n) is 2.67. The van der Waals surface area contributed by atoms with Crippen molar-refractivity contribution < 1.29 is 23.1 Å². The minimum Gasteiger partial charge on any atom is -0.550 e. The Hall–Kier alpha value is -2.05. The fourth-order valence-electron chi connectivity index (χ4n) is 1.90. The molecule has 0 saturated carbocycles. The van der Waals surface area contributed by atoms with Gasteiger partial charge in [0.05, 0.1) is 11.0 Å². The van der Waals surface area contributed by atoms with Crippen LogP contribution in [-0.2, 0) is 17.5 Å². The number of carbonyl (C=O) groups is 1. The van der Waals surface area contributed by atoms with Gasteiger partial charge >= 0.3 is 6.18 Å². The Labute approximate surface area is 106 Å². The number of nitrogens with zero attached hydrogens (tertiary/aromatic N) is 2. The fraction of sp³-hybridized carbons (Fsp3) is 0.333. The molecule has 0 aliphatic rings. The lowest BCUT2D eigenvalue weighted by molar-refractivity contribution is -0.305. The van der Waals surface area contributed by atoms with Crippen LogP contribution in [0.15, 0.2) is 24.3 Å². The van der Waals surface area contributed by atoms with Crippen molar-refractivity contribution in [2.75, 3.05) is 0 Å². The van der Waals surface area contributed by atoms with Gasteiger partial charge < -0.3 is 14.5 Å². The summed E-state index contributed by atoms with van der Waals surface area (Å²) in [6.45, 7) is -0.0661. The highest BCUT2D eigenvalue weighted by atomic mass is 19.4. The Balaban J connectivity index is 2.40. The molecule has 1 heterocycles. The Morgan fingerprint density at radius 3 is 2.63 bits per heavy atom. The average molecular weight is 271 g/mol. The highest BCUT2D eigenvalue weighted by molar-refractivity contribution is 5.76. The standard InChI is InChI=1S/C12H11F3N2O2/c13-12(14,15)11-16-8-4-1-2-5-9(8)17(11)7-3-6-10(18)19/h1-2,4-5H,3,6-7H2,(H,18,19)/p-1. The highest BCUT2D eigenvalue weighted by Crippen LogP contribution is 2.31. The van der Waals surface area contributed by atoms with Crippen molar-refractivity contribution in [1.82, 2.24) is 9.55 Å². The van der Waals surface area contributed by atoms with Gasteiger partial charge in [0.1, 0.15) is 0 Å². The van der Waals surface area contributed by atoms with Gasteiger partial charge in [0.15, 0.2) is 0 Å². The lowest BCUT2D eigenvalue weighted by Crippen LogP contribution is -2.22. The normalized spacial score (nSPS) is 11.9. The van der Waals surface area contributed by atoms with Gasteiger partial charge in [-0.3, -0.25) is 0 Å². The van der Waals surface area contributed by atoms with Gasteiger partial charge in [0.2, 0.25) is 5.82 Å². The summed E-state index contributed by atoms with van der Waals surface area (Å²) in [5.41, 5.74) is 0.580. The molecule has 19 heavy (non-hydrogen) atoms. The van der Waals surface area contributed by atoms with Crippen LogP contribution in [0.25, 0.3) is 11.0 Å². The number of hydrogen-bond donors (Lipinski definition) is 0. The van der Waals surface area contributed by atoms with Crippen LogP contribution >= 0.6 is 0 Å². The van der Waals surface area contributed by atoms with Crippen LogP contribution in [-0.4, -0.2) is 15.5 Å². The molecular formula is C12H10F3N2O2-. The van der Waals surface area contributed by atoms with Crippen LogP contribution < -0.4 is 5.11 Å². The number of aromatic nitrogens is 2. The summed E-state index contributed by atoms with van der Waals surface area (Å²) in [5.74, 6) is -2.29. The Morgan fingerprint density at radius 1 is 1.32 bits per heavy atom. The molecule has 0 atom stereocenters. The smallest absolute Gasteiger partial charge is 0.449 e. The van der Waals surface area contributed by atoms with Crippen molar-refractivity contribution in [1.29, 1.82) is 0 Å². The van der Waals surface area contributed by atoms with Gasteiger partial charge in [-0.1, -0.05) is 12.1 Å². The van der Waals surface area contributed by atoms with E-state index in [2.05, 4.69) is 4.98 Å². The van der Waals surface area contributed by atoms with Crippen LogP contribution in [0.4, 0.5) is 13.2 Å². The third kappa shape index (κ3) is 2.86. The van der Waals surface area contributed by atoms with Crippen molar-refractivity contribution in [3.63, 3.8) is 0 Å². The zero-order valence-electron chi connectivity index (χ0n) is 9.78. The topological polar surface area (TPSA) is 57.9 Å². The molecule has 1 aromatic heterocycles. The van der Waals surface area contributed by atoms with Gasteiger partial charge in [0, 0.05) is 12.5 Å². The molecule has 0 saturated heterocycles. The second-order valence-corrected chi connectivity index (χ2v) is 4.05. The quantitative estimate of drug-likeness (QED) is 0.848. The van der Waals surface area contributed by atoms with Gasteiger partial charge in [-0.2, -0.15) is 13.2 Å². The molecule has 0 N–H and O–H groups in total. The number of hydrogen-bond acceptors (Lipinski definition) is 3. The maximum atomic E-state index is 12.9. The van der Waals surface area contributed by atoms with E-state index in [-0.39, 0.29) is 24.9 Å². The molecule has 0 bridgehead atoms. The molecule has 0 unspecified atom stereocenters. The molecule has 0 aliphatic carbocycles. The summed E-state index contributed by atoms with van der Waals surface area (Å²) in [6, 6.07) is 6.22. The van der Waals surface area contributed by atoms with E-state index in [0.717, 1.165) is 4.57 Å². The number of benzene rings is 1. The molecule has 0 amide bonds. The van der Waals surface area contributed by atoms with Crippen LogP contribution in [0, 0.1) is 0 Å². The maximum Gasteiger partial charge on any atom is 0.449 e. The molecule has 0 fully saturated rings. The molecule has 0 spiro atoms. The first-order valence-corrected chi connectivity index (χ1v) is 5.62. The molecular weight excluding hydrogens is 261 g/mol. The first-order valence-electron chi connectivity index (χ1n) is 5.62. The number of imidazole rings is 1. The number of carboxylic acids is 1. The second kappa shape index (κ2) is 4.91. The molecule has 0 aliphatic heterocycles. The van der Waals surface area contributed by atoms with E-state index in [4.69, 9.17) is 0 Å². The van der Waals surface area contributed by atoms with Gasteiger partial charge in [-0.25, -0.2) is 4.98 Å². The van der Waals surface area contributed by atoms with Gasteiger partial charge in [-0.05, 0) is 25.0 Å². The average Bonchev–Trinajstić information content (AvgIpc) is 2.68. The fourth-order valence-corrected chi connectivity index (χ4v) is 1.90. The first-order chi connectivity index (χ1) is 8.89. The minimum atomic E-state index is -4.57. The van der Waals surface area contributed by atoms with E-state index >= 15 is 0 Å². The zero-order chi connectivity index (χ0) is 14.0. The van der Waals surface area contributed by atoms with E-state index in [0.29, 0.717) is 5.52 Å². The SMILES string of the molecule is O=C([O-])CCCn1c(C(F)(F)F)nc2ccccc21. The van der Waals surface area contributed by atoms with E-state index in [1.54, 1.807) is 12.1 Å². The number of carbonyl (C=O) groups excluding carboxylic acids is 1. The van der Waals surface area contributed by atoms with Crippen molar-refractivity contribution in [2.45, 2.75) is 25.6 Å². The Kier molecular flexibility index (Phi) is 3.46. The third-order valence-corrected chi connectivity index (χ3v) is 2.67. The molecule has 4 nitrogen and oxygen atoms in total. The monoisotopic (exact) mass is 271 g/mol. The van der Waals surface area contributed by atoms with Crippen molar-refractivity contribution in [2.24, 2.45) is 0 Å². The molecule has 2 aromatic rings. The largest absolute Gasteiger partial charge is 0.550 e. The number of aryl methyl sites for hydroxylation is 1. The predicted molar refractivity (Wildman–Crippen MR) is 59.0 cm³/mol. The van der Waals surface area contributed by atoms with E-state index in [1.165, 1.54) is 12.1 Å². The number of rotatable bonds is 4. The lowest BCUT2D eigenvalue weighted by Gasteiger charge is -2.11. The highest BCUT2D eigenvalue weighted by Gasteiger charge is 2.37. The van der Waals surface area contributed by atoms with Crippen molar-refractivity contribution in [3.05, 3.63) is 30.1 Å². The summed E-state index contributed by atoms with van der Waals surface area (Å²) < 4.78 is 39.6. The van der Waals surface area contributed by atoms with Crippen LogP contribution in [0.3, 0.4) is 0 Å². The van der Waals surface area contributed by atoms with Crippen LogP contribution in [0.1, 0.15) is 18.7 Å². The summed E-state index contributed by atoms with van der Waals surface area (Å²) in [6.07, 6.45) is -4.80. The number of fused-ring (bicyclic) bond motifs is 1. The number of aliphatic carboxylic acids is 1. The lowest BCUT2D eigenvalue weighted by atomic mass is 10.3. The summed E-state index contributed by atoms with van der Waals surface area (Å²) in [4.78, 5) is 13.9. The predicted octanol–water partition coefficient (Wildman–Crippen LogP) is 1.59. The Bertz CT molecular complexity index is 605. The number of carboxylic acid groups (broad SMARTS) is 1. The van der Waals surface area contributed by atoms with Crippen molar-refractivity contribution >= 4 is 17.0 Å². The number of halogens is 3. The van der Waals surface area contributed by atoms with Gasteiger partial charge in [-0.15, -0.1) is 0 Å². The summed E-state index contributed by atoms with van der Waals surface area (Å²) in [7, 11) is 0. The maximum absolute atomic E-state index is 12.9.